The molecule has 0 fully saturated rings. The molecule has 0 atom stereocenters. The van der Waals surface area contributed by atoms with Crippen molar-refractivity contribution in [2.45, 2.75) is 13.8 Å². The van der Waals surface area contributed by atoms with Crippen molar-refractivity contribution in [3.8, 4) is 5.75 Å². The highest BCUT2D eigenvalue weighted by atomic mass is 16.5. The summed E-state index contributed by atoms with van der Waals surface area (Å²) in [5.41, 5.74) is 2.99. The summed E-state index contributed by atoms with van der Waals surface area (Å²) in [6, 6.07) is 3.63. The van der Waals surface area contributed by atoms with E-state index in [1.165, 1.54) is 0 Å². The first-order valence-electron chi connectivity index (χ1n) is 5.12. The first-order valence-corrected chi connectivity index (χ1v) is 5.12. The van der Waals surface area contributed by atoms with E-state index in [0.29, 0.717) is 0 Å². The van der Waals surface area contributed by atoms with Crippen LogP contribution in [0.2, 0.25) is 0 Å². The van der Waals surface area contributed by atoms with Crippen LogP contribution < -0.4 is 15.0 Å². The number of benzene rings is 1. The van der Waals surface area contributed by atoms with Crippen LogP contribution in [0.3, 0.4) is 0 Å². The van der Waals surface area contributed by atoms with E-state index >= 15 is 0 Å². The molecular weight excluding hydrogens is 204 g/mol. The molecule has 1 aromatic rings. The van der Waals surface area contributed by atoms with Gasteiger partial charge in [0.05, 0.1) is 7.11 Å². The van der Waals surface area contributed by atoms with Gasteiger partial charge in [-0.15, -0.1) is 0 Å². The van der Waals surface area contributed by atoms with Gasteiger partial charge < -0.3 is 10.1 Å². The van der Waals surface area contributed by atoms with Gasteiger partial charge in [-0.05, 0) is 37.1 Å². The van der Waals surface area contributed by atoms with Gasteiger partial charge in [-0.3, -0.25) is 4.90 Å². The summed E-state index contributed by atoms with van der Waals surface area (Å²) in [5.74, 6) is 0.839. The molecule has 4 nitrogen and oxygen atoms in total. The molecule has 88 valence electrons. The van der Waals surface area contributed by atoms with E-state index in [4.69, 9.17) is 4.74 Å². The third-order valence-electron chi connectivity index (χ3n) is 2.81. The van der Waals surface area contributed by atoms with Gasteiger partial charge in [0.2, 0.25) is 0 Å². The minimum absolute atomic E-state index is 0.132. The lowest BCUT2D eigenvalue weighted by Crippen LogP contribution is -2.35. The Balaban J connectivity index is 3.17. The second-order valence-electron chi connectivity index (χ2n) is 3.65. The fourth-order valence-corrected chi connectivity index (χ4v) is 1.64. The van der Waals surface area contributed by atoms with E-state index < -0.39 is 0 Å². The van der Waals surface area contributed by atoms with Crippen molar-refractivity contribution >= 4 is 11.7 Å². The predicted octanol–water partition coefficient (Wildman–Crippen LogP) is 2.09. The van der Waals surface area contributed by atoms with Crippen molar-refractivity contribution < 1.29 is 9.53 Å². The zero-order valence-electron chi connectivity index (χ0n) is 10.4. The largest absolute Gasteiger partial charge is 0.496 e. The van der Waals surface area contributed by atoms with Crippen LogP contribution >= 0.6 is 0 Å². The minimum atomic E-state index is -0.132. The Kier molecular flexibility index (Phi) is 3.77. The molecule has 2 amide bonds. The molecule has 0 aliphatic carbocycles. The molecule has 0 aromatic heterocycles. The number of hydrogen-bond acceptors (Lipinski definition) is 2. The van der Waals surface area contributed by atoms with Crippen molar-refractivity contribution in [2.75, 3.05) is 26.1 Å². The van der Waals surface area contributed by atoms with E-state index in [2.05, 4.69) is 5.32 Å². The fourth-order valence-electron chi connectivity index (χ4n) is 1.64. The first-order chi connectivity index (χ1) is 7.52. The lowest BCUT2D eigenvalue weighted by atomic mass is 10.1. The van der Waals surface area contributed by atoms with Crippen molar-refractivity contribution in [3.05, 3.63) is 23.3 Å². The highest BCUT2D eigenvalue weighted by Crippen LogP contribution is 2.29. The first kappa shape index (κ1) is 12.4. The number of anilines is 1. The summed E-state index contributed by atoms with van der Waals surface area (Å²) in [7, 11) is 5.00. The van der Waals surface area contributed by atoms with Crippen LogP contribution in [-0.4, -0.2) is 27.2 Å². The SMILES string of the molecule is CNC(=O)N(C)c1ccc(OC)c(C)c1C. The van der Waals surface area contributed by atoms with Gasteiger partial charge in [0.25, 0.3) is 0 Å². The van der Waals surface area contributed by atoms with Gasteiger partial charge >= 0.3 is 6.03 Å². The molecule has 16 heavy (non-hydrogen) atoms. The number of methoxy groups -OCH3 is 1. The lowest BCUT2D eigenvalue weighted by molar-refractivity contribution is 0.249. The number of rotatable bonds is 2. The number of nitrogens with one attached hydrogen (secondary N) is 1. The summed E-state index contributed by atoms with van der Waals surface area (Å²) in [6.45, 7) is 3.96. The number of urea groups is 1. The van der Waals surface area contributed by atoms with Crippen LogP contribution in [-0.2, 0) is 0 Å². The van der Waals surface area contributed by atoms with Gasteiger partial charge in [0.1, 0.15) is 5.75 Å². The molecule has 1 rings (SSSR count). The second-order valence-corrected chi connectivity index (χ2v) is 3.65. The highest BCUT2D eigenvalue weighted by Gasteiger charge is 2.14. The van der Waals surface area contributed by atoms with E-state index in [-0.39, 0.29) is 6.03 Å². The molecule has 0 bridgehead atoms. The van der Waals surface area contributed by atoms with Crippen molar-refractivity contribution in [2.24, 2.45) is 0 Å². The van der Waals surface area contributed by atoms with Crippen molar-refractivity contribution in [1.82, 2.24) is 5.32 Å². The number of amides is 2. The quantitative estimate of drug-likeness (QED) is 0.832. The molecule has 0 aliphatic heterocycles. The maximum absolute atomic E-state index is 11.5. The summed E-state index contributed by atoms with van der Waals surface area (Å²) < 4.78 is 5.23. The van der Waals surface area contributed by atoms with Crippen molar-refractivity contribution in [1.29, 1.82) is 0 Å². The fraction of sp³-hybridized carbons (Fsp3) is 0.417. The van der Waals surface area contributed by atoms with Gasteiger partial charge in [-0.1, -0.05) is 0 Å². The highest BCUT2D eigenvalue weighted by molar-refractivity contribution is 5.92. The number of nitrogens with zero attached hydrogens (tertiary/aromatic N) is 1. The van der Waals surface area contributed by atoms with Gasteiger partial charge in [-0.25, -0.2) is 4.79 Å². The van der Waals surface area contributed by atoms with E-state index in [1.54, 1.807) is 26.1 Å². The summed E-state index contributed by atoms with van der Waals surface area (Å²) in [4.78, 5) is 13.1. The molecule has 0 spiro atoms. The average Bonchev–Trinajstić information content (AvgIpc) is 2.30. The molecule has 0 saturated carbocycles. The number of ether oxygens (including phenoxy) is 1. The van der Waals surface area contributed by atoms with E-state index in [1.807, 2.05) is 26.0 Å². The third-order valence-corrected chi connectivity index (χ3v) is 2.81. The Morgan fingerprint density at radius 1 is 1.31 bits per heavy atom. The predicted molar refractivity (Wildman–Crippen MR) is 65.3 cm³/mol. The maximum Gasteiger partial charge on any atom is 0.321 e. The standard InChI is InChI=1S/C12H18N2O2/c1-8-9(2)11(16-5)7-6-10(8)14(4)12(15)13-3/h6-7H,1-5H3,(H,13,15). The van der Waals surface area contributed by atoms with Crippen LogP contribution in [0.15, 0.2) is 12.1 Å². The normalized spacial score (nSPS) is 9.81. The number of hydrogen-bond donors (Lipinski definition) is 1. The zero-order valence-corrected chi connectivity index (χ0v) is 10.4. The Hall–Kier alpha value is -1.71. The summed E-state index contributed by atoms with van der Waals surface area (Å²) in [6.07, 6.45) is 0. The van der Waals surface area contributed by atoms with Crippen molar-refractivity contribution in [3.63, 3.8) is 0 Å². The van der Waals surface area contributed by atoms with Gasteiger partial charge in [0.15, 0.2) is 0 Å². The van der Waals surface area contributed by atoms with Crippen LogP contribution in [0, 0.1) is 13.8 Å². The van der Waals surface area contributed by atoms with Crippen LogP contribution in [0.1, 0.15) is 11.1 Å². The summed E-state index contributed by atoms with van der Waals surface area (Å²) in [5, 5.41) is 2.59. The molecule has 0 aliphatic rings. The average molecular weight is 222 g/mol. The van der Waals surface area contributed by atoms with Crippen LogP contribution in [0.4, 0.5) is 10.5 Å². The minimum Gasteiger partial charge on any atom is -0.496 e. The van der Waals surface area contributed by atoms with Gasteiger partial charge in [-0.2, -0.15) is 0 Å². The topological polar surface area (TPSA) is 41.6 Å². The third kappa shape index (κ3) is 2.10. The molecule has 0 unspecified atom stereocenters. The molecule has 1 aromatic carbocycles. The van der Waals surface area contributed by atoms with E-state index in [9.17, 15) is 4.79 Å². The molecule has 4 heteroatoms. The molecule has 0 saturated heterocycles. The zero-order chi connectivity index (χ0) is 12.3. The van der Waals surface area contributed by atoms with Crippen LogP contribution in [0.25, 0.3) is 0 Å². The number of carbonyl (C=O) groups excluding carboxylic acids is 1. The number of carbonyl (C=O) groups is 1. The second kappa shape index (κ2) is 4.88. The molecule has 0 radical (unpaired) electrons. The Morgan fingerprint density at radius 3 is 2.44 bits per heavy atom. The Bertz CT molecular complexity index is 402. The Labute approximate surface area is 96.2 Å². The van der Waals surface area contributed by atoms with E-state index in [0.717, 1.165) is 22.6 Å². The monoisotopic (exact) mass is 222 g/mol. The molecular formula is C12H18N2O2. The molecule has 0 heterocycles. The smallest absolute Gasteiger partial charge is 0.321 e. The molecule has 1 N–H and O–H groups in total. The van der Waals surface area contributed by atoms with Gasteiger partial charge in [0, 0.05) is 19.8 Å². The Morgan fingerprint density at radius 2 is 1.94 bits per heavy atom. The summed E-state index contributed by atoms with van der Waals surface area (Å²) >= 11 is 0. The lowest BCUT2D eigenvalue weighted by Gasteiger charge is -2.21. The van der Waals surface area contributed by atoms with Crippen LogP contribution in [0.5, 0.6) is 5.75 Å². The maximum atomic E-state index is 11.5.